The van der Waals surface area contributed by atoms with E-state index in [0.29, 0.717) is 11.3 Å². The molecule has 0 heterocycles. The first-order valence-corrected chi connectivity index (χ1v) is 6.68. The normalized spacial score (nSPS) is 13.3. The highest BCUT2D eigenvalue weighted by molar-refractivity contribution is 6.10. The average Bonchev–Trinajstić information content (AvgIpc) is 2.88. The van der Waals surface area contributed by atoms with Gasteiger partial charge < -0.3 is 5.73 Å². The van der Waals surface area contributed by atoms with E-state index in [0.717, 1.165) is 24.0 Å². The Hall–Kier alpha value is -2.09. The van der Waals surface area contributed by atoms with E-state index in [2.05, 4.69) is 6.07 Å². The molecule has 0 aliphatic heterocycles. The molecule has 1 aliphatic carbocycles. The highest BCUT2D eigenvalue weighted by atomic mass is 16.1. The molecule has 0 saturated carbocycles. The van der Waals surface area contributed by atoms with E-state index in [1.165, 1.54) is 17.5 Å². The van der Waals surface area contributed by atoms with E-state index in [1.807, 2.05) is 37.3 Å². The monoisotopic (exact) mass is 251 g/mol. The summed E-state index contributed by atoms with van der Waals surface area (Å²) in [6, 6.07) is 11.6. The molecule has 0 radical (unpaired) electrons. The zero-order valence-corrected chi connectivity index (χ0v) is 11.1. The van der Waals surface area contributed by atoms with Crippen molar-refractivity contribution in [2.75, 3.05) is 5.73 Å². The first-order valence-electron chi connectivity index (χ1n) is 6.68. The van der Waals surface area contributed by atoms with E-state index < -0.39 is 0 Å². The summed E-state index contributed by atoms with van der Waals surface area (Å²) < 4.78 is 0. The van der Waals surface area contributed by atoms with Crippen LogP contribution in [0.4, 0.5) is 5.69 Å². The van der Waals surface area contributed by atoms with Gasteiger partial charge in [0.2, 0.25) is 0 Å². The quantitative estimate of drug-likeness (QED) is 0.657. The molecule has 2 aromatic rings. The summed E-state index contributed by atoms with van der Waals surface area (Å²) in [5.41, 5.74) is 11.6. The van der Waals surface area contributed by atoms with Crippen LogP contribution in [0.25, 0.3) is 0 Å². The number of carbonyl (C=O) groups excluding carboxylic acids is 1. The lowest BCUT2D eigenvalue weighted by Crippen LogP contribution is -2.06. The Morgan fingerprint density at radius 2 is 1.89 bits per heavy atom. The van der Waals surface area contributed by atoms with Gasteiger partial charge in [0.05, 0.1) is 0 Å². The third-order valence-electron chi connectivity index (χ3n) is 3.98. The highest BCUT2D eigenvalue weighted by Crippen LogP contribution is 2.25. The van der Waals surface area contributed by atoms with Crippen molar-refractivity contribution in [3.63, 3.8) is 0 Å². The minimum absolute atomic E-state index is 0.0690. The van der Waals surface area contributed by atoms with Crippen LogP contribution in [0.5, 0.6) is 0 Å². The summed E-state index contributed by atoms with van der Waals surface area (Å²) in [6.45, 7) is 1.90. The second-order valence-corrected chi connectivity index (χ2v) is 5.19. The Balaban J connectivity index is 2.02. The third-order valence-corrected chi connectivity index (χ3v) is 3.98. The second-order valence-electron chi connectivity index (χ2n) is 5.19. The fourth-order valence-electron chi connectivity index (χ4n) is 2.77. The Labute approximate surface area is 113 Å². The highest BCUT2D eigenvalue weighted by Gasteiger charge is 2.16. The number of anilines is 1. The minimum Gasteiger partial charge on any atom is -0.398 e. The van der Waals surface area contributed by atoms with E-state index in [-0.39, 0.29) is 5.78 Å². The second kappa shape index (κ2) is 4.54. The summed E-state index contributed by atoms with van der Waals surface area (Å²) in [5, 5.41) is 0. The van der Waals surface area contributed by atoms with E-state index in [9.17, 15) is 4.79 Å². The van der Waals surface area contributed by atoms with Gasteiger partial charge in [-0.3, -0.25) is 4.79 Å². The molecule has 0 amide bonds. The summed E-state index contributed by atoms with van der Waals surface area (Å²) in [6.07, 6.45) is 3.43. The number of hydrogen-bond donors (Lipinski definition) is 1. The van der Waals surface area contributed by atoms with Crippen molar-refractivity contribution in [3.8, 4) is 0 Å². The van der Waals surface area contributed by atoms with E-state index in [4.69, 9.17) is 5.73 Å². The maximum Gasteiger partial charge on any atom is 0.193 e. The molecule has 2 heteroatoms. The standard InChI is InChI=1S/C17H17NO/c1-11-15(6-3-7-16(11)18)17(19)14-9-8-12-4-2-5-13(12)10-14/h3,6-10H,2,4-5,18H2,1H3. The number of benzene rings is 2. The van der Waals surface area contributed by atoms with Gasteiger partial charge in [-0.25, -0.2) is 0 Å². The maximum atomic E-state index is 12.6. The largest absolute Gasteiger partial charge is 0.398 e. The van der Waals surface area contributed by atoms with Crippen molar-refractivity contribution in [1.82, 2.24) is 0 Å². The zero-order valence-electron chi connectivity index (χ0n) is 11.1. The number of carbonyl (C=O) groups is 1. The van der Waals surface area contributed by atoms with Crippen LogP contribution in [0.1, 0.15) is 39.0 Å². The van der Waals surface area contributed by atoms with Crippen molar-refractivity contribution in [2.45, 2.75) is 26.2 Å². The molecule has 2 N–H and O–H groups in total. The van der Waals surface area contributed by atoms with Crippen molar-refractivity contribution in [3.05, 3.63) is 64.2 Å². The van der Waals surface area contributed by atoms with Gasteiger partial charge in [-0.15, -0.1) is 0 Å². The Kier molecular flexibility index (Phi) is 2.86. The van der Waals surface area contributed by atoms with Crippen LogP contribution >= 0.6 is 0 Å². The fourth-order valence-corrected chi connectivity index (χ4v) is 2.77. The van der Waals surface area contributed by atoms with Crippen molar-refractivity contribution >= 4 is 11.5 Å². The van der Waals surface area contributed by atoms with E-state index >= 15 is 0 Å². The number of aryl methyl sites for hydroxylation is 2. The summed E-state index contributed by atoms with van der Waals surface area (Å²) >= 11 is 0. The molecule has 19 heavy (non-hydrogen) atoms. The molecule has 3 rings (SSSR count). The fraction of sp³-hybridized carbons (Fsp3) is 0.235. The molecule has 0 fully saturated rings. The number of hydrogen-bond acceptors (Lipinski definition) is 2. The molecular weight excluding hydrogens is 234 g/mol. The average molecular weight is 251 g/mol. The molecule has 96 valence electrons. The molecule has 0 unspecified atom stereocenters. The van der Waals surface area contributed by atoms with Crippen molar-refractivity contribution < 1.29 is 4.79 Å². The summed E-state index contributed by atoms with van der Waals surface area (Å²) in [7, 11) is 0. The first kappa shape index (κ1) is 12.0. The molecule has 2 nitrogen and oxygen atoms in total. The molecule has 1 aliphatic rings. The van der Waals surface area contributed by atoms with E-state index in [1.54, 1.807) is 0 Å². The summed E-state index contributed by atoms with van der Waals surface area (Å²) in [4.78, 5) is 12.6. The number of fused-ring (bicyclic) bond motifs is 1. The zero-order chi connectivity index (χ0) is 13.4. The lowest BCUT2D eigenvalue weighted by Gasteiger charge is -2.08. The SMILES string of the molecule is Cc1c(N)cccc1C(=O)c1ccc2c(c1)CCC2. The van der Waals surface area contributed by atoms with Crippen LogP contribution in [0.3, 0.4) is 0 Å². The molecule has 0 saturated heterocycles. The van der Waals surface area contributed by atoms with Crippen LogP contribution in [0, 0.1) is 6.92 Å². The molecule has 0 bridgehead atoms. The smallest absolute Gasteiger partial charge is 0.193 e. The van der Waals surface area contributed by atoms with Crippen molar-refractivity contribution in [1.29, 1.82) is 0 Å². The number of nitrogens with two attached hydrogens (primary N) is 1. The minimum atomic E-state index is 0.0690. The van der Waals surface area contributed by atoms with Gasteiger partial charge in [0.25, 0.3) is 0 Å². The first-order chi connectivity index (χ1) is 9.16. The van der Waals surface area contributed by atoms with Gasteiger partial charge >= 0.3 is 0 Å². The number of nitrogen functional groups attached to an aromatic ring is 1. The molecule has 2 aromatic carbocycles. The lowest BCUT2D eigenvalue weighted by molar-refractivity contribution is 0.103. The number of ketones is 1. The van der Waals surface area contributed by atoms with Gasteiger partial charge in [0.15, 0.2) is 5.78 Å². The third kappa shape index (κ3) is 2.03. The number of rotatable bonds is 2. The summed E-state index contributed by atoms with van der Waals surface area (Å²) in [5.74, 6) is 0.0690. The Morgan fingerprint density at radius 3 is 2.74 bits per heavy atom. The van der Waals surface area contributed by atoms with Gasteiger partial charge in [0.1, 0.15) is 0 Å². The van der Waals surface area contributed by atoms with Gasteiger partial charge in [0, 0.05) is 16.8 Å². The van der Waals surface area contributed by atoms with Crippen molar-refractivity contribution in [2.24, 2.45) is 0 Å². The van der Waals surface area contributed by atoms with Crippen LogP contribution in [-0.2, 0) is 12.8 Å². The molecule has 0 aromatic heterocycles. The molecular formula is C17H17NO. The topological polar surface area (TPSA) is 43.1 Å². The maximum absolute atomic E-state index is 12.6. The van der Waals surface area contributed by atoms with Crippen LogP contribution in [-0.4, -0.2) is 5.78 Å². The predicted molar refractivity (Wildman–Crippen MR) is 77.5 cm³/mol. The Bertz CT molecular complexity index is 658. The van der Waals surface area contributed by atoms with Gasteiger partial charge in [-0.05, 0) is 55.0 Å². The molecule has 0 spiro atoms. The Morgan fingerprint density at radius 1 is 1.11 bits per heavy atom. The molecule has 0 atom stereocenters. The van der Waals surface area contributed by atoms with Crippen LogP contribution < -0.4 is 5.73 Å². The van der Waals surface area contributed by atoms with Crippen LogP contribution in [0.2, 0.25) is 0 Å². The van der Waals surface area contributed by atoms with Gasteiger partial charge in [-0.1, -0.05) is 24.3 Å². The van der Waals surface area contributed by atoms with Gasteiger partial charge in [-0.2, -0.15) is 0 Å². The lowest BCUT2D eigenvalue weighted by atomic mass is 9.96. The predicted octanol–water partition coefficient (Wildman–Crippen LogP) is 3.30. The van der Waals surface area contributed by atoms with Crippen LogP contribution in [0.15, 0.2) is 36.4 Å².